The zero-order chi connectivity index (χ0) is 23.9. The fourth-order valence-corrected chi connectivity index (χ4v) is 2.22. The molecule has 4 nitrogen and oxygen atoms in total. The Kier molecular flexibility index (Phi) is 39.0. The summed E-state index contributed by atoms with van der Waals surface area (Å²) in [7, 11) is 0. The molecule has 0 atom stereocenters. The van der Waals surface area contributed by atoms with Gasteiger partial charge >= 0.3 is 0 Å². The molecule has 0 radical (unpaired) electrons. The monoisotopic (exact) mass is 541 g/mol. The predicted molar refractivity (Wildman–Crippen MR) is 182 cm³/mol. The molecule has 0 saturated carbocycles. The largest absolute Gasteiger partial charge is 0.264 e. The third-order valence-electron chi connectivity index (χ3n) is 5.14. The first kappa shape index (κ1) is 52.1. The summed E-state index contributed by atoms with van der Waals surface area (Å²) in [5.41, 5.74) is 9.88. The van der Waals surface area contributed by atoms with Crippen LogP contribution in [-0.2, 0) is 0 Å². The average Bonchev–Trinajstić information content (AvgIpc) is 2.78. The van der Waals surface area contributed by atoms with Gasteiger partial charge in [-0.15, -0.1) is 0 Å². The molecule has 0 aliphatic carbocycles. The molecule has 0 aliphatic heterocycles. The van der Waals surface area contributed by atoms with Crippen molar-refractivity contribution in [2.45, 2.75) is 107 Å². The number of aromatic nitrogens is 4. The second kappa shape index (κ2) is 29.2. The molecule has 4 heterocycles. The Hall–Kier alpha value is -3.40. The highest BCUT2D eigenvalue weighted by atomic mass is 14.7. The Morgan fingerprint density at radius 1 is 0.359 bits per heavy atom. The van der Waals surface area contributed by atoms with E-state index in [9.17, 15) is 0 Å². The summed E-state index contributed by atoms with van der Waals surface area (Å²) in [5.74, 6) is 0. The minimum Gasteiger partial charge on any atom is -0.264 e. The number of pyridine rings is 4. The molecule has 4 rings (SSSR count). The van der Waals surface area contributed by atoms with Gasteiger partial charge in [-0.2, -0.15) is 0 Å². The van der Waals surface area contributed by atoms with Gasteiger partial charge in [0.05, 0.1) is 0 Å². The van der Waals surface area contributed by atoms with Crippen molar-refractivity contribution in [1.29, 1.82) is 0 Å². The second-order valence-electron chi connectivity index (χ2n) is 7.73. The van der Waals surface area contributed by atoms with Gasteiger partial charge in [0.15, 0.2) is 0 Å². The van der Waals surface area contributed by atoms with Gasteiger partial charge < -0.3 is 0 Å². The smallest absolute Gasteiger partial charge is 0.0401 e. The summed E-state index contributed by atoms with van der Waals surface area (Å²) >= 11 is 0. The summed E-state index contributed by atoms with van der Waals surface area (Å²) in [5, 5.41) is 0. The van der Waals surface area contributed by atoms with Crippen molar-refractivity contribution in [3.05, 3.63) is 118 Å². The molecule has 0 bridgehead atoms. The van der Waals surface area contributed by atoms with E-state index in [0.717, 1.165) is 11.4 Å². The van der Waals surface area contributed by atoms with Crippen LogP contribution in [0.15, 0.2) is 73.6 Å². The lowest BCUT2D eigenvalue weighted by atomic mass is 10.2. The Morgan fingerprint density at radius 3 is 0.821 bits per heavy atom. The van der Waals surface area contributed by atoms with Crippen LogP contribution in [0.4, 0.5) is 0 Å². The second-order valence-corrected chi connectivity index (χ2v) is 7.73. The minimum atomic E-state index is 0. The van der Waals surface area contributed by atoms with Crippen molar-refractivity contribution in [1.82, 2.24) is 19.9 Å². The SMILES string of the molecule is C.C.C.C.C.C.C.Cc1cccnc1C.Cc1cccnc1C.Cc1ccncc1C.Cc1ccncc1C. The van der Waals surface area contributed by atoms with E-state index in [-0.39, 0.29) is 52.0 Å². The van der Waals surface area contributed by atoms with Crippen LogP contribution in [0.2, 0.25) is 0 Å². The van der Waals surface area contributed by atoms with Gasteiger partial charge in [0.1, 0.15) is 0 Å². The fourth-order valence-electron chi connectivity index (χ4n) is 2.22. The van der Waals surface area contributed by atoms with Crippen LogP contribution in [0.5, 0.6) is 0 Å². The Bertz CT molecular complexity index is 817. The maximum Gasteiger partial charge on any atom is 0.0401 e. The first-order valence-electron chi connectivity index (χ1n) is 10.7. The zero-order valence-corrected chi connectivity index (χ0v) is 20.7. The van der Waals surface area contributed by atoms with Gasteiger partial charge in [0, 0.05) is 48.6 Å². The van der Waals surface area contributed by atoms with Crippen molar-refractivity contribution < 1.29 is 0 Å². The van der Waals surface area contributed by atoms with E-state index in [4.69, 9.17) is 0 Å². The van der Waals surface area contributed by atoms with Gasteiger partial charge in [-0.1, -0.05) is 64.1 Å². The number of rotatable bonds is 0. The van der Waals surface area contributed by atoms with Crippen LogP contribution in [0, 0.1) is 55.4 Å². The average molecular weight is 541 g/mol. The van der Waals surface area contributed by atoms with Crippen LogP contribution in [-0.4, -0.2) is 19.9 Å². The molecule has 0 unspecified atom stereocenters. The van der Waals surface area contributed by atoms with Crippen LogP contribution in [0.3, 0.4) is 0 Å². The lowest BCUT2D eigenvalue weighted by Gasteiger charge is -1.92. The van der Waals surface area contributed by atoms with Crippen molar-refractivity contribution in [3.63, 3.8) is 0 Å². The summed E-state index contributed by atoms with van der Waals surface area (Å²) in [6.45, 7) is 16.4. The Balaban J connectivity index is -0.0000000661. The highest BCUT2D eigenvalue weighted by molar-refractivity contribution is 5.19. The summed E-state index contributed by atoms with van der Waals surface area (Å²) in [6.07, 6.45) is 11.0. The van der Waals surface area contributed by atoms with E-state index < -0.39 is 0 Å². The molecule has 4 aromatic heterocycles. The van der Waals surface area contributed by atoms with E-state index in [1.165, 1.54) is 33.4 Å². The van der Waals surface area contributed by atoms with Gasteiger partial charge in [0.2, 0.25) is 0 Å². The lowest BCUT2D eigenvalue weighted by molar-refractivity contribution is 1.15. The minimum absolute atomic E-state index is 0. The van der Waals surface area contributed by atoms with Gasteiger partial charge in [-0.3, -0.25) is 19.9 Å². The van der Waals surface area contributed by atoms with Gasteiger partial charge in [-0.25, -0.2) is 0 Å². The van der Waals surface area contributed by atoms with E-state index >= 15 is 0 Å². The van der Waals surface area contributed by atoms with E-state index in [0.29, 0.717) is 0 Å². The Morgan fingerprint density at radius 2 is 0.667 bits per heavy atom. The normalized spacial score (nSPS) is 7.59. The van der Waals surface area contributed by atoms with E-state index in [1.54, 1.807) is 0 Å². The molecule has 4 heteroatoms. The first-order valence-corrected chi connectivity index (χ1v) is 10.7. The molecule has 4 aromatic rings. The maximum atomic E-state index is 4.08. The summed E-state index contributed by atoms with van der Waals surface area (Å²) in [4.78, 5) is 16.0. The molecule has 0 spiro atoms. The van der Waals surface area contributed by atoms with Crippen molar-refractivity contribution in [2.24, 2.45) is 0 Å². The molecule has 0 aliphatic rings. The third-order valence-corrected chi connectivity index (χ3v) is 5.14. The number of aryl methyl sites for hydroxylation is 8. The quantitative estimate of drug-likeness (QED) is 0.222. The molecular weight excluding hydrogens is 476 g/mol. The fraction of sp³-hybridized carbons (Fsp3) is 0.429. The first-order chi connectivity index (χ1) is 15.2. The van der Waals surface area contributed by atoms with Crippen LogP contribution >= 0.6 is 0 Å². The standard InChI is InChI=1S/4C7H9N.7CH4/c2*1-6-3-4-8-5-7(6)2;2*1-6-4-3-5-8-7(6)2;;;;;;;/h4*3-5H,1-2H3;7*1H4. The van der Waals surface area contributed by atoms with Gasteiger partial charge in [-0.05, 0) is 113 Å². The molecule has 39 heavy (non-hydrogen) atoms. The highest BCUT2D eigenvalue weighted by Gasteiger charge is 1.87. The number of hydrogen-bond acceptors (Lipinski definition) is 4. The highest BCUT2D eigenvalue weighted by Crippen LogP contribution is 2.01. The molecule has 0 N–H and O–H groups in total. The third kappa shape index (κ3) is 22.3. The lowest BCUT2D eigenvalue weighted by Crippen LogP contribution is -1.81. The van der Waals surface area contributed by atoms with Crippen LogP contribution < -0.4 is 0 Å². The number of hydrogen-bond donors (Lipinski definition) is 0. The zero-order valence-electron chi connectivity index (χ0n) is 20.7. The maximum absolute atomic E-state index is 4.08. The van der Waals surface area contributed by atoms with E-state index in [2.05, 4.69) is 73.6 Å². The van der Waals surface area contributed by atoms with Crippen LogP contribution in [0.25, 0.3) is 0 Å². The number of nitrogens with zero attached hydrogens (tertiary/aromatic N) is 4. The predicted octanol–water partition coefficient (Wildman–Crippen LogP) is 11.2. The van der Waals surface area contributed by atoms with Crippen molar-refractivity contribution in [2.75, 3.05) is 0 Å². The molecule has 0 amide bonds. The van der Waals surface area contributed by atoms with E-state index in [1.807, 2.05) is 75.3 Å². The molecule has 224 valence electrons. The Labute approximate surface area is 245 Å². The summed E-state index contributed by atoms with van der Waals surface area (Å²) < 4.78 is 0. The van der Waals surface area contributed by atoms with Crippen molar-refractivity contribution >= 4 is 0 Å². The molecular formula is C35H64N4. The van der Waals surface area contributed by atoms with Crippen molar-refractivity contribution in [3.8, 4) is 0 Å². The molecule has 0 aromatic carbocycles. The summed E-state index contributed by atoms with van der Waals surface area (Å²) in [6, 6.07) is 12.0. The topological polar surface area (TPSA) is 51.6 Å². The molecule has 0 fully saturated rings. The van der Waals surface area contributed by atoms with Crippen LogP contribution in [0.1, 0.15) is 96.8 Å². The van der Waals surface area contributed by atoms with Gasteiger partial charge in [0.25, 0.3) is 0 Å². The molecule has 0 saturated heterocycles.